The Bertz CT molecular complexity index is 154. The van der Waals surface area contributed by atoms with Gasteiger partial charge in [0.1, 0.15) is 0 Å². The van der Waals surface area contributed by atoms with Crippen molar-refractivity contribution in [2.45, 2.75) is 59.1 Å². The maximum absolute atomic E-state index is 5.81. The van der Waals surface area contributed by atoms with Crippen LogP contribution in [0.25, 0.3) is 0 Å². The average molecular weight is 245 g/mol. The van der Waals surface area contributed by atoms with E-state index in [4.69, 9.17) is 9.47 Å². The van der Waals surface area contributed by atoms with Crippen molar-refractivity contribution >= 4 is 0 Å². The standard InChI is InChI=1S/C12H25NO2.C2H6/c1-11(2)13-7-5-12(6-8-13)15-10-4-9-14-3;1-2/h11-12H,4-10H2,1-3H3;1-2H3. The second-order valence-corrected chi connectivity index (χ2v) is 4.55. The predicted octanol–water partition coefficient (Wildman–Crippen LogP) is 2.94. The molecular weight excluding hydrogens is 214 g/mol. The van der Waals surface area contributed by atoms with Crippen molar-refractivity contribution < 1.29 is 9.47 Å². The smallest absolute Gasteiger partial charge is 0.0599 e. The van der Waals surface area contributed by atoms with Gasteiger partial charge in [-0.05, 0) is 33.1 Å². The van der Waals surface area contributed by atoms with Gasteiger partial charge < -0.3 is 14.4 Å². The van der Waals surface area contributed by atoms with E-state index in [0.29, 0.717) is 12.1 Å². The Hall–Kier alpha value is -0.120. The molecule has 3 nitrogen and oxygen atoms in total. The van der Waals surface area contributed by atoms with Crippen molar-refractivity contribution in [1.29, 1.82) is 0 Å². The van der Waals surface area contributed by atoms with Crippen LogP contribution < -0.4 is 0 Å². The lowest BCUT2D eigenvalue weighted by molar-refractivity contribution is -0.00530. The molecule has 1 fully saturated rings. The number of piperidine rings is 1. The van der Waals surface area contributed by atoms with Crippen molar-refractivity contribution in [3.63, 3.8) is 0 Å². The van der Waals surface area contributed by atoms with Gasteiger partial charge in [0, 0.05) is 39.5 Å². The lowest BCUT2D eigenvalue weighted by Crippen LogP contribution is -2.41. The van der Waals surface area contributed by atoms with Crippen molar-refractivity contribution in [2.75, 3.05) is 33.4 Å². The molecule has 0 saturated carbocycles. The van der Waals surface area contributed by atoms with Gasteiger partial charge in [-0.1, -0.05) is 13.8 Å². The third-order valence-corrected chi connectivity index (χ3v) is 3.05. The van der Waals surface area contributed by atoms with Gasteiger partial charge in [-0.2, -0.15) is 0 Å². The van der Waals surface area contributed by atoms with Gasteiger partial charge >= 0.3 is 0 Å². The summed E-state index contributed by atoms with van der Waals surface area (Å²) in [5.74, 6) is 0. The molecule has 0 N–H and O–H groups in total. The van der Waals surface area contributed by atoms with Gasteiger partial charge in [0.05, 0.1) is 6.10 Å². The van der Waals surface area contributed by atoms with Crippen LogP contribution in [0.1, 0.15) is 47.0 Å². The first-order chi connectivity index (χ1) is 8.24. The lowest BCUT2D eigenvalue weighted by Gasteiger charge is -2.34. The summed E-state index contributed by atoms with van der Waals surface area (Å²) >= 11 is 0. The Morgan fingerprint density at radius 2 is 1.71 bits per heavy atom. The maximum Gasteiger partial charge on any atom is 0.0599 e. The summed E-state index contributed by atoms with van der Waals surface area (Å²) in [5.41, 5.74) is 0. The molecule has 17 heavy (non-hydrogen) atoms. The van der Waals surface area contributed by atoms with Gasteiger partial charge in [-0.15, -0.1) is 0 Å². The summed E-state index contributed by atoms with van der Waals surface area (Å²) in [7, 11) is 1.74. The Morgan fingerprint density at radius 1 is 1.12 bits per heavy atom. The van der Waals surface area contributed by atoms with E-state index < -0.39 is 0 Å². The molecule has 104 valence electrons. The van der Waals surface area contributed by atoms with Crippen LogP contribution in [-0.4, -0.2) is 50.5 Å². The zero-order valence-corrected chi connectivity index (χ0v) is 12.4. The topological polar surface area (TPSA) is 21.7 Å². The molecule has 1 aliphatic heterocycles. The van der Waals surface area contributed by atoms with E-state index in [2.05, 4.69) is 18.7 Å². The quantitative estimate of drug-likeness (QED) is 0.672. The molecule has 0 aromatic carbocycles. The minimum absolute atomic E-state index is 0.483. The molecule has 0 aromatic heterocycles. The lowest BCUT2D eigenvalue weighted by atomic mass is 10.1. The Morgan fingerprint density at radius 3 is 2.18 bits per heavy atom. The van der Waals surface area contributed by atoms with Crippen LogP contribution in [0.15, 0.2) is 0 Å². The van der Waals surface area contributed by atoms with E-state index in [0.717, 1.165) is 19.6 Å². The maximum atomic E-state index is 5.81. The van der Waals surface area contributed by atoms with E-state index >= 15 is 0 Å². The first-order valence-corrected chi connectivity index (χ1v) is 7.08. The van der Waals surface area contributed by atoms with Gasteiger partial charge in [-0.3, -0.25) is 0 Å². The van der Waals surface area contributed by atoms with Crippen LogP contribution in [0.5, 0.6) is 0 Å². The van der Waals surface area contributed by atoms with Crippen LogP contribution in [0.4, 0.5) is 0 Å². The van der Waals surface area contributed by atoms with E-state index in [1.807, 2.05) is 13.8 Å². The highest BCUT2D eigenvalue weighted by atomic mass is 16.5. The Kier molecular flexibility index (Phi) is 10.9. The highest BCUT2D eigenvalue weighted by molar-refractivity contribution is 4.74. The van der Waals surface area contributed by atoms with E-state index in [1.54, 1.807) is 7.11 Å². The molecular formula is C14H31NO2. The number of hydrogen-bond acceptors (Lipinski definition) is 3. The van der Waals surface area contributed by atoms with E-state index in [9.17, 15) is 0 Å². The molecule has 0 spiro atoms. The van der Waals surface area contributed by atoms with Crippen LogP contribution >= 0.6 is 0 Å². The van der Waals surface area contributed by atoms with Gasteiger partial charge in [0.25, 0.3) is 0 Å². The molecule has 3 heteroatoms. The fraction of sp³-hybridized carbons (Fsp3) is 1.00. The van der Waals surface area contributed by atoms with Gasteiger partial charge in [0.2, 0.25) is 0 Å². The van der Waals surface area contributed by atoms with Gasteiger partial charge in [-0.25, -0.2) is 0 Å². The van der Waals surface area contributed by atoms with Crippen LogP contribution in [0, 0.1) is 0 Å². The molecule has 0 aliphatic carbocycles. The zero-order chi connectivity index (χ0) is 13.1. The fourth-order valence-corrected chi connectivity index (χ4v) is 2.01. The summed E-state index contributed by atoms with van der Waals surface area (Å²) in [6, 6.07) is 0.680. The van der Waals surface area contributed by atoms with E-state index in [-0.39, 0.29) is 0 Å². The average Bonchev–Trinajstić information content (AvgIpc) is 2.38. The van der Waals surface area contributed by atoms with E-state index in [1.165, 1.54) is 25.9 Å². The largest absolute Gasteiger partial charge is 0.385 e. The SMILES string of the molecule is CC.COCCCOC1CCN(C(C)C)CC1. The van der Waals surface area contributed by atoms with Crippen LogP contribution in [0.2, 0.25) is 0 Å². The normalized spacial score (nSPS) is 18.0. The Labute approximate surface area is 107 Å². The minimum Gasteiger partial charge on any atom is -0.385 e. The molecule has 0 amide bonds. The summed E-state index contributed by atoms with van der Waals surface area (Å²) < 4.78 is 10.8. The molecule has 0 atom stereocenters. The summed E-state index contributed by atoms with van der Waals surface area (Å²) in [4.78, 5) is 2.52. The first-order valence-electron chi connectivity index (χ1n) is 7.08. The van der Waals surface area contributed by atoms with Crippen LogP contribution in [-0.2, 0) is 9.47 Å². The molecule has 1 rings (SSSR count). The molecule has 0 unspecified atom stereocenters. The minimum atomic E-state index is 0.483. The van der Waals surface area contributed by atoms with Crippen molar-refractivity contribution in [2.24, 2.45) is 0 Å². The molecule has 0 radical (unpaired) electrons. The molecule has 1 aliphatic rings. The number of likely N-dealkylation sites (tertiary alicyclic amines) is 1. The number of nitrogens with zero attached hydrogens (tertiary/aromatic N) is 1. The van der Waals surface area contributed by atoms with Crippen molar-refractivity contribution in [3.05, 3.63) is 0 Å². The monoisotopic (exact) mass is 245 g/mol. The Balaban J connectivity index is 0.00000121. The second-order valence-electron chi connectivity index (χ2n) is 4.55. The highest BCUT2D eigenvalue weighted by Crippen LogP contribution is 2.15. The molecule has 1 saturated heterocycles. The van der Waals surface area contributed by atoms with Crippen LogP contribution in [0.3, 0.4) is 0 Å². The molecule has 0 bridgehead atoms. The molecule has 0 aromatic rings. The molecule has 1 heterocycles. The fourth-order valence-electron chi connectivity index (χ4n) is 2.01. The number of ether oxygens (including phenoxy) is 2. The second kappa shape index (κ2) is 11.0. The van der Waals surface area contributed by atoms with Crippen molar-refractivity contribution in [1.82, 2.24) is 4.90 Å². The highest BCUT2D eigenvalue weighted by Gasteiger charge is 2.20. The summed E-state index contributed by atoms with van der Waals surface area (Å²) in [5, 5.41) is 0. The number of hydrogen-bond donors (Lipinski definition) is 0. The third kappa shape index (κ3) is 7.74. The zero-order valence-electron chi connectivity index (χ0n) is 12.4. The summed E-state index contributed by atoms with van der Waals surface area (Å²) in [6.45, 7) is 12.6. The third-order valence-electron chi connectivity index (χ3n) is 3.05. The number of rotatable bonds is 6. The number of methoxy groups -OCH3 is 1. The first kappa shape index (κ1) is 16.9. The summed E-state index contributed by atoms with van der Waals surface area (Å²) in [6.07, 6.45) is 3.87. The van der Waals surface area contributed by atoms with Gasteiger partial charge in [0.15, 0.2) is 0 Å². The van der Waals surface area contributed by atoms with Crippen molar-refractivity contribution in [3.8, 4) is 0 Å². The predicted molar refractivity (Wildman–Crippen MR) is 73.5 cm³/mol.